The lowest BCUT2D eigenvalue weighted by Gasteiger charge is -2.20. The van der Waals surface area contributed by atoms with Crippen molar-refractivity contribution in [2.45, 2.75) is 40.2 Å². The summed E-state index contributed by atoms with van der Waals surface area (Å²) in [6.07, 6.45) is 0.840. The number of aryl methyl sites for hydroxylation is 4. The first-order valence-electron chi connectivity index (χ1n) is 7.42. The van der Waals surface area contributed by atoms with E-state index in [-0.39, 0.29) is 6.04 Å². The third-order valence-corrected chi connectivity index (χ3v) is 4.25. The summed E-state index contributed by atoms with van der Waals surface area (Å²) < 4.78 is 1.89. The van der Waals surface area contributed by atoms with Gasteiger partial charge >= 0.3 is 0 Å². The molecule has 1 N–H and O–H groups in total. The first kappa shape index (κ1) is 16.1. The van der Waals surface area contributed by atoms with Gasteiger partial charge in [-0.3, -0.25) is 4.68 Å². The third-order valence-electron chi connectivity index (χ3n) is 3.76. The highest BCUT2D eigenvalue weighted by atomic mass is 35.5. The van der Waals surface area contributed by atoms with Gasteiger partial charge in [0.25, 0.3) is 0 Å². The van der Waals surface area contributed by atoms with Crippen molar-refractivity contribution >= 4 is 11.6 Å². The summed E-state index contributed by atoms with van der Waals surface area (Å²) in [5, 5.41) is 8.76. The Morgan fingerprint density at radius 1 is 1.19 bits per heavy atom. The van der Waals surface area contributed by atoms with Gasteiger partial charge in [-0.05, 0) is 32.9 Å². The van der Waals surface area contributed by atoms with Gasteiger partial charge in [-0.2, -0.15) is 5.10 Å². The van der Waals surface area contributed by atoms with Crippen LogP contribution in [0.5, 0.6) is 0 Å². The summed E-state index contributed by atoms with van der Waals surface area (Å²) in [6.45, 7) is 9.28. The largest absolute Gasteiger partial charge is 0.310 e. The standard InChI is InChI=1S/C17H24ClN3/c1-6-19-15(14-8-11(2)7-12(3)9-14)10-16-17(18)13(4)20-21(16)5/h7-9,15,19H,6,10H2,1-5H3. The summed E-state index contributed by atoms with van der Waals surface area (Å²) in [7, 11) is 1.96. The molecule has 1 aromatic heterocycles. The molecule has 0 spiro atoms. The van der Waals surface area contributed by atoms with Gasteiger partial charge in [-0.25, -0.2) is 0 Å². The van der Waals surface area contributed by atoms with E-state index in [1.54, 1.807) is 0 Å². The Labute approximate surface area is 132 Å². The molecular formula is C17H24ClN3. The van der Waals surface area contributed by atoms with Crippen molar-refractivity contribution in [1.29, 1.82) is 0 Å². The maximum atomic E-state index is 6.40. The quantitative estimate of drug-likeness (QED) is 0.908. The highest BCUT2D eigenvalue weighted by Crippen LogP contribution is 2.26. The summed E-state index contributed by atoms with van der Waals surface area (Å²) >= 11 is 6.40. The average Bonchev–Trinajstić information content (AvgIpc) is 2.63. The van der Waals surface area contributed by atoms with E-state index < -0.39 is 0 Å². The van der Waals surface area contributed by atoms with Crippen LogP contribution in [0.3, 0.4) is 0 Å². The number of nitrogens with zero attached hydrogens (tertiary/aromatic N) is 2. The summed E-state index contributed by atoms with van der Waals surface area (Å²) in [6, 6.07) is 6.95. The molecule has 0 saturated carbocycles. The van der Waals surface area contributed by atoms with E-state index in [0.29, 0.717) is 0 Å². The van der Waals surface area contributed by atoms with E-state index in [0.717, 1.165) is 29.4 Å². The van der Waals surface area contributed by atoms with Crippen LogP contribution >= 0.6 is 11.6 Å². The second kappa shape index (κ2) is 6.63. The van der Waals surface area contributed by atoms with E-state index in [4.69, 9.17) is 11.6 Å². The number of halogens is 1. The van der Waals surface area contributed by atoms with Crippen LogP contribution in [0, 0.1) is 20.8 Å². The fourth-order valence-corrected chi connectivity index (χ4v) is 3.10. The second-order valence-corrected chi connectivity index (χ2v) is 6.08. The van der Waals surface area contributed by atoms with Crippen molar-refractivity contribution in [3.63, 3.8) is 0 Å². The zero-order valence-electron chi connectivity index (χ0n) is 13.5. The minimum atomic E-state index is 0.251. The SMILES string of the molecule is CCNC(Cc1c(Cl)c(C)nn1C)c1cc(C)cc(C)c1. The van der Waals surface area contributed by atoms with Crippen molar-refractivity contribution in [2.75, 3.05) is 6.54 Å². The number of benzene rings is 1. The Bertz CT molecular complexity index is 611. The average molecular weight is 306 g/mol. The predicted molar refractivity (Wildman–Crippen MR) is 89.0 cm³/mol. The number of rotatable bonds is 5. The van der Waals surface area contributed by atoms with Gasteiger partial charge in [0.15, 0.2) is 0 Å². The fraction of sp³-hybridized carbons (Fsp3) is 0.471. The van der Waals surface area contributed by atoms with Crippen LogP contribution in [-0.2, 0) is 13.5 Å². The normalized spacial score (nSPS) is 12.7. The van der Waals surface area contributed by atoms with Gasteiger partial charge < -0.3 is 5.32 Å². The molecule has 0 aliphatic rings. The molecule has 1 atom stereocenters. The van der Waals surface area contributed by atoms with Crippen molar-refractivity contribution in [1.82, 2.24) is 15.1 Å². The highest BCUT2D eigenvalue weighted by Gasteiger charge is 2.18. The summed E-state index contributed by atoms with van der Waals surface area (Å²) in [4.78, 5) is 0. The Kier molecular flexibility index (Phi) is 5.07. The van der Waals surface area contributed by atoms with Gasteiger partial charge in [-0.15, -0.1) is 0 Å². The van der Waals surface area contributed by atoms with Crippen molar-refractivity contribution in [3.8, 4) is 0 Å². The molecule has 1 unspecified atom stereocenters. The molecule has 0 fully saturated rings. The van der Waals surface area contributed by atoms with Crippen LogP contribution in [0.25, 0.3) is 0 Å². The molecule has 0 saturated heterocycles. The number of likely N-dealkylation sites (N-methyl/N-ethyl adjacent to an activating group) is 1. The molecule has 1 aromatic carbocycles. The Morgan fingerprint density at radius 2 is 1.81 bits per heavy atom. The molecule has 0 amide bonds. The van der Waals surface area contributed by atoms with Gasteiger partial charge in [0.05, 0.1) is 16.4 Å². The van der Waals surface area contributed by atoms with Crippen molar-refractivity contribution in [2.24, 2.45) is 7.05 Å². The monoisotopic (exact) mass is 305 g/mol. The molecule has 114 valence electrons. The molecule has 3 nitrogen and oxygen atoms in total. The topological polar surface area (TPSA) is 29.9 Å². The van der Waals surface area contributed by atoms with Crippen molar-refractivity contribution < 1.29 is 0 Å². The van der Waals surface area contributed by atoms with E-state index in [1.165, 1.54) is 16.7 Å². The van der Waals surface area contributed by atoms with Gasteiger partial charge in [0.1, 0.15) is 0 Å². The number of hydrogen-bond acceptors (Lipinski definition) is 2. The van der Waals surface area contributed by atoms with Crippen molar-refractivity contribution in [3.05, 3.63) is 51.3 Å². The van der Waals surface area contributed by atoms with E-state index >= 15 is 0 Å². The van der Waals surface area contributed by atoms with E-state index in [2.05, 4.69) is 49.4 Å². The minimum Gasteiger partial charge on any atom is -0.310 e. The minimum absolute atomic E-state index is 0.251. The smallest absolute Gasteiger partial charge is 0.0847 e. The Morgan fingerprint density at radius 3 is 2.29 bits per heavy atom. The summed E-state index contributed by atoms with van der Waals surface area (Å²) in [5.41, 5.74) is 5.87. The molecule has 2 aromatic rings. The van der Waals surface area contributed by atoms with Gasteiger partial charge in [0.2, 0.25) is 0 Å². The number of hydrogen-bond donors (Lipinski definition) is 1. The lowest BCUT2D eigenvalue weighted by Crippen LogP contribution is -2.24. The number of aromatic nitrogens is 2. The van der Waals surface area contributed by atoms with Crippen LogP contribution in [0.2, 0.25) is 5.02 Å². The fourth-order valence-electron chi connectivity index (χ4n) is 2.86. The van der Waals surface area contributed by atoms with Gasteiger partial charge in [-0.1, -0.05) is 47.9 Å². The van der Waals surface area contributed by atoms with Crippen LogP contribution in [-0.4, -0.2) is 16.3 Å². The zero-order valence-corrected chi connectivity index (χ0v) is 14.3. The Balaban J connectivity index is 2.35. The molecule has 2 rings (SSSR count). The first-order valence-corrected chi connectivity index (χ1v) is 7.79. The molecule has 1 heterocycles. The molecule has 0 aliphatic heterocycles. The Hall–Kier alpha value is -1.32. The maximum Gasteiger partial charge on any atom is 0.0847 e. The van der Waals surface area contributed by atoms with Crippen LogP contribution in [0.15, 0.2) is 18.2 Å². The molecule has 0 bridgehead atoms. The van der Waals surface area contributed by atoms with Crippen LogP contribution < -0.4 is 5.32 Å². The molecular weight excluding hydrogens is 282 g/mol. The zero-order chi connectivity index (χ0) is 15.6. The predicted octanol–water partition coefficient (Wildman–Crippen LogP) is 3.89. The van der Waals surface area contributed by atoms with Crippen LogP contribution in [0.4, 0.5) is 0 Å². The molecule has 0 aliphatic carbocycles. The molecule has 0 radical (unpaired) electrons. The highest BCUT2D eigenvalue weighted by molar-refractivity contribution is 6.31. The first-order chi connectivity index (χ1) is 9.92. The summed E-state index contributed by atoms with van der Waals surface area (Å²) in [5.74, 6) is 0. The molecule has 21 heavy (non-hydrogen) atoms. The second-order valence-electron chi connectivity index (χ2n) is 5.71. The lowest BCUT2D eigenvalue weighted by molar-refractivity contribution is 0.528. The third kappa shape index (κ3) is 3.66. The number of nitrogens with one attached hydrogen (secondary N) is 1. The van der Waals surface area contributed by atoms with Gasteiger partial charge in [0, 0.05) is 19.5 Å². The van der Waals surface area contributed by atoms with E-state index in [9.17, 15) is 0 Å². The van der Waals surface area contributed by atoms with Crippen LogP contribution in [0.1, 0.15) is 41.0 Å². The molecule has 4 heteroatoms. The lowest BCUT2D eigenvalue weighted by atomic mass is 9.97. The van der Waals surface area contributed by atoms with E-state index in [1.807, 2.05) is 18.7 Å². The maximum absolute atomic E-state index is 6.40.